The first-order valence-electron chi connectivity index (χ1n) is 10.2. The lowest BCUT2D eigenvalue weighted by Gasteiger charge is -2.50. The van der Waals surface area contributed by atoms with Crippen molar-refractivity contribution in [2.24, 2.45) is 5.16 Å². The van der Waals surface area contributed by atoms with E-state index in [0.29, 0.717) is 16.0 Å². The molecular formula is C19H23N7O6S2. The third-order valence-corrected chi connectivity index (χ3v) is 7.26. The lowest BCUT2D eigenvalue weighted by atomic mass is 10.0. The zero-order chi connectivity index (χ0) is 24.6. The summed E-state index contributed by atoms with van der Waals surface area (Å²) in [4.78, 5) is 53.1. The molecule has 2 fully saturated rings. The van der Waals surface area contributed by atoms with Gasteiger partial charge in [-0.2, -0.15) is 18.8 Å². The zero-order valence-electron chi connectivity index (χ0n) is 18.6. The molecule has 4 heterocycles. The smallest absolute Gasteiger partial charge is 0.278 e. The van der Waals surface area contributed by atoms with Gasteiger partial charge in [0, 0.05) is 23.7 Å². The van der Waals surface area contributed by atoms with Gasteiger partial charge in [0.1, 0.15) is 31.2 Å². The van der Waals surface area contributed by atoms with Crippen molar-refractivity contribution >= 4 is 51.9 Å². The van der Waals surface area contributed by atoms with Crippen LogP contribution in [0.25, 0.3) is 0 Å². The number of carbonyl (C=O) groups excluding carboxylic acids is 3. The Morgan fingerprint density at radius 2 is 2.21 bits per heavy atom. The average Bonchev–Trinajstić information content (AvgIpc) is 3.37. The summed E-state index contributed by atoms with van der Waals surface area (Å²) in [5.41, 5.74) is 5.56. The van der Waals surface area contributed by atoms with E-state index in [-0.39, 0.29) is 28.5 Å². The van der Waals surface area contributed by atoms with Gasteiger partial charge in [0.25, 0.3) is 11.8 Å². The van der Waals surface area contributed by atoms with Crippen LogP contribution in [0.2, 0.25) is 0 Å². The van der Waals surface area contributed by atoms with E-state index in [2.05, 4.69) is 19.8 Å². The van der Waals surface area contributed by atoms with Crippen molar-refractivity contribution in [3.63, 3.8) is 0 Å². The number of rotatable bonds is 7. The predicted molar refractivity (Wildman–Crippen MR) is 121 cm³/mol. The molecule has 0 radical (unpaired) electrons. The number of nitrogens with one attached hydrogen (secondary N) is 1. The van der Waals surface area contributed by atoms with Gasteiger partial charge >= 0.3 is 0 Å². The van der Waals surface area contributed by atoms with Gasteiger partial charge in [0.05, 0.1) is 25.8 Å². The minimum Gasteiger partial charge on any atom is -0.543 e. The van der Waals surface area contributed by atoms with Crippen molar-refractivity contribution in [2.45, 2.75) is 23.9 Å². The standard InChI is InChI=1S/C19H23N7O6S2/c1-26(2)7-6-10(32-26)5-4-9-8-33-17-12(16(28)25(17)13(9)18(29)30)21-15(27)11(23-31-3)14-22-19(20)34-24-14/h4-5,10,12,17H,6-8H2,1-3H3,(H3-,20,21,22,24,27,29,30)/b5-4+,23-11-/t10?,12-,17-/m1/s1. The van der Waals surface area contributed by atoms with Gasteiger partial charge in [-0.3, -0.25) is 14.5 Å². The van der Waals surface area contributed by atoms with E-state index in [1.807, 2.05) is 14.1 Å². The summed E-state index contributed by atoms with van der Waals surface area (Å²) in [6.45, 7) is 0.835. The molecule has 4 rings (SSSR count). The van der Waals surface area contributed by atoms with Gasteiger partial charge in [-0.25, -0.2) is 0 Å². The van der Waals surface area contributed by atoms with Crippen molar-refractivity contribution in [1.29, 1.82) is 0 Å². The van der Waals surface area contributed by atoms with Gasteiger partial charge in [-0.1, -0.05) is 11.2 Å². The molecule has 1 aromatic rings. The van der Waals surface area contributed by atoms with Crippen molar-refractivity contribution in [3.05, 3.63) is 29.2 Å². The van der Waals surface area contributed by atoms with Crippen LogP contribution in [0.15, 0.2) is 28.6 Å². The number of thioether (sulfide) groups is 1. The Bertz CT molecular complexity index is 1110. The topological polar surface area (TPSA) is 172 Å². The Morgan fingerprint density at radius 3 is 2.79 bits per heavy atom. The molecule has 0 spiro atoms. The van der Waals surface area contributed by atoms with Crippen molar-refractivity contribution in [3.8, 4) is 0 Å². The first-order valence-corrected chi connectivity index (χ1v) is 12.0. The fraction of sp³-hybridized carbons (Fsp3) is 0.474. The Morgan fingerprint density at radius 1 is 1.44 bits per heavy atom. The molecule has 1 aromatic heterocycles. The average molecular weight is 510 g/mol. The number of aromatic nitrogens is 2. The molecular weight excluding hydrogens is 486 g/mol. The largest absolute Gasteiger partial charge is 0.543 e. The van der Waals surface area contributed by atoms with Gasteiger partial charge in [-0.05, 0) is 11.6 Å². The lowest BCUT2D eigenvalue weighted by Crippen LogP contribution is -2.71. The minimum atomic E-state index is -1.46. The zero-order valence-corrected chi connectivity index (χ0v) is 20.2. The maximum Gasteiger partial charge on any atom is 0.278 e. The van der Waals surface area contributed by atoms with Gasteiger partial charge in [0.15, 0.2) is 5.13 Å². The van der Waals surface area contributed by atoms with Crippen LogP contribution >= 0.6 is 23.3 Å². The van der Waals surface area contributed by atoms with Gasteiger partial charge in [-0.15, -0.1) is 11.8 Å². The van der Waals surface area contributed by atoms with E-state index in [9.17, 15) is 19.5 Å². The summed E-state index contributed by atoms with van der Waals surface area (Å²) < 4.78 is 4.35. The maximum absolute atomic E-state index is 12.9. The van der Waals surface area contributed by atoms with E-state index in [4.69, 9.17) is 15.4 Å². The summed E-state index contributed by atoms with van der Waals surface area (Å²) in [5.74, 6) is -2.51. The van der Waals surface area contributed by atoms with E-state index in [1.54, 1.807) is 12.2 Å². The highest BCUT2D eigenvalue weighted by Crippen LogP contribution is 2.40. The summed E-state index contributed by atoms with van der Waals surface area (Å²) in [6, 6.07) is -0.966. The Balaban J connectivity index is 1.49. The highest BCUT2D eigenvalue weighted by molar-refractivity contribution is 8.00. The van der Waals surface area contributed by atoms with Crippen LogP contribution in [0.5, 0.6) is 0 Å². The second kappa shape index (κ2) is 9.32. The number of nitrogens with two attached hydrogens (primary N) is 1. The molecule has 0 saturated carbocycles. The maximum atomic E-state index is 12.9. The fourth-order valence-corrected chi connectivity index (χ4v) is 5.59. The number of carbonyl (C=O) groups is 3. The summed E-state index contributed by atoms with van der Waals surface area (Å²) in [6.07, 6.45) is 4.12. The predicted octanol–water partition coefficient (Wildman–Crippen LogP) is -1.79. The molecule has 3 aliphatic rings. The molecule has 2 saturated heterocycles. The second-order valence-corrected chi connectivity index (χ2v) is 10.1. The lowest BCUT2D eigenvalue weighted by molar-refractivity contribution is -1.06. The molecule has 15 heteroatoms. The van der Waals surface area contributed by atoms with Gasteiger partial charge in [0.2, 0.25) is 11.5 Å². The summed E-state index contributed by atoms with van der Waals surface area (Å²) in [7, 11) is 5.13. The van der Waals surface area contributed by atoms with Crippen LogP contribution in [0, 0.1) is 0 Å². The number of β-lactam (4-membered cyclic amide) rings is 1. The molecule has 0 aromatic carbocycles. The van der Waals surface area contributed by atoms with Crippen LogP contribution in [-0.4, -0.2) is 93.4 Å². The van der Waals surface area contributed by atoms with E-state index in [1.165, 1.54) is 18.9 Å². The minimum absolute atomic E-state index is 0.0412. The molecule has 3 N–H and O–H groups in total. The normalized spacial score (nSPS) is 26.4. The van der Waals surface area contributed by atoms with Crippen LogP contribution in [0.1, 0.15) is 12.2 Å². The SMILES string of the molecule is CO/N=C(\C(=O)N[C@@H]1C(=O)N2C(C(=O)[O-])=C(/C=C/C3CC[N+](C)(C)O3)CS[C@H]12)c1nsc(N)n1. The number of carboxylic acids is 1. The molecule has 0 aliphatic carbocycles. The van der Waals surface area contributed by atoms with Crippen molar-refractivity contribution < 1.29 is 33.8 Å². The third kappa shape index (κ3) is 4.64. The van der Waals surface area contributed by atoms with Crippen LogP contribution < -0.4 is 16.2 Å². The molecule has 2 amide bonds. The first kappa shape index (κ1) is 24.1. The molecule has 3 aliphatic heterocycles. The number of hydroxylamine groups is 3. The van der Waals surface area contributed by atoms with Crippen LogP contribution in [-0.2, 0) is 24.1 Å². The third-order valence-electron chi connectivity index (χ3n) is 5.41. The highest BCUT2D eigenvalue weighted by Gasteiger charge is 2.53. The molecule has 13 nitrogen and oxygen atoms in total. The number of hydrogen-bond acceptors (Lipinski definition) is 12. The number of fused-ring (bicyclic) bond motifs is 1. The number of allylic oxidation sites excluding steroid dienone is 1. The number of quaternary nitrogens is 1. The molecule has 0 bridgehead atoms. The quantitative estimate of drug-likeness (QED) is 0.185. The number of hydrogen-bond donors (Lipinski definition) is 2. The number of carboxylic acid groups (broad SMARTS) is 1. The van der Waals surface area contributed by atoms with E-state index < -0.39 is 29.2 Å². The molecule has 3 atom stereocenters. The summed E-state index contributed by atoms with van der Waals surface area (Å²) in [5, 5.41) is 17.6. The molecule has 182 valence electrons. The Kier molecular flexibility index (Phi) is 6.62. The highest BCUT2D eigenvalue weighted by atomic mass is 32.2. The number of nitrogens with zero attached hydrogens (tertiary/aromatic N) is 5. The number of nitrogen functional groups attached to an aromatic ring is 1. The number of aliphatic carboxylic acids is 1. The van der Waals surface area contributed by atoms with Crippen molar-refractivity contribution in [1.82, 2.24) is 19.6 Å². The van der Waals surface area contributed by atoms with E-state index in [0.717, 1.165) is 29.4 Å². The molecule has 34 heavy (non-hydrogen) atoms. The summed E-state index contributed by atoms with van der Waals surface area (Å²) >= 11 is 2.21. The monoisotopic (exact) mass is 509 g/mol. The van der Waals surface area contributed by atoms with Gasteiger partial charge < -0.3 is 25.8 Å². The number of anilines is 1. The van der Waals surface area contributed by atoms with Crippen LogP contribution in [0.3, 0.4) is 0 Å². The number of oxime groups is 1. The molecule has 1 unspecified atom stereocenters. The fourth-order valence-electron chi connectivity index (χ4n) is 3.84. The Hall–Kier alpha value is -3.01. The van der Waals surface area contributed by atoms with Crippen LogP contribution in [0.4, 0.5) is 5.13 Å². The van der Waals surface area contributed by atoms with E-state index >= 15 is 0 Å². The first-order chi connectivity index (χ1) is 16.1. The number of amides is 2. The van der Waals surface area contributed by atoms with Crippen molar-refractivity contribution in [2.75, 3.05) is 39.2 Å². The second-order valence-electron chi connectivity index (χ2n) is 8.19. The Labute approximate surface area is 203 Å².